The van der Waals surface area contributed by atoms with Crippen molar-refractivity contribution >= 4 is 28.4 Å². The Bertz CT molecular complexity index is 818. The topological polar surface area (TPSA) is 68.9 Å². The monoisotopic (exact) mass is 297 g/mol. The summed E-state index contributed by atoms with van der Waals surface area (Å²) in [7, 11) is 0. The molecule has 0 spiro atoms. The van der Waals surface area contributed by atoms with Gasteiger partial charge in [-0.2, -0.15) is 0 Å². The SMILES string of the molecule is NC(=O)Cc1nc(-c2ccccc2)c2cc(Cl)ccc2n1. The predicted molar refractivity (Wildman–Crippen MR) is 82.9 cm³/mol. The van der Waals surface area contributed by atoms with Crippen molar-refractivity contribution in [2.75, 3.05) is 0 Å². The molecule has 0 aliphatic carbocycles. The van der Waals surface area contributed by atoms with E-state index in [-0.39, 0.29) is 6.42 Å². The third kappa shape index (κ3) is 2.85. The summed E-state index contributed by atoms with van der Waals surface area (Å²) in [6.07, 6.45) is 0.0123. The Balaban J connectivity index is 2.28. The molecule has 1 amide bonds. The number of aromatic nitrogens is 2. The van der Waals surface area contributed by atoms with Gasteiger partial charge in [-0.05, 0) is 18.2 Å². The van der Waals surface area contributed by atoms with Gasteiger partial charge in [-0.15, -0.1) is 0 Å². The minimum atomic E-state index is -0.456. The summed E-state index contributed by atoms with van der Waals surface area (Å²) >= 11 is 6.07. The lowest BCUT2D eigenvalue weighted by atomic mass is 10.1. The van der Waals surface area contributed by atoms with Gasteiger partial charge in [0, 0.05) is 16.0 Å². The molecule has 104 valence electrons. The minimum absolute atomic E-state index is 0.0123. The van der Waals surface area contributed by atoms with Gasteiger partial charge in [-0.1, -0.05) is 41.9 Å². The molecule has 3 rings (SSSR count). The van der Waals surface area contributed by atoms with Crippen LogP contribution in [-0.4, -0.2) is 15.9 Å². The molecule has 2 aromatic carbocycles. The molecule has 0 saturated heterocycles. The number of nitrogens with two attached hydrogens (primary N) is 1. The van der Waals surface area contributed by atoms with E-state index in [1.807, 2.05) is 42.5 Å². The van der Waals surface area contributed by atoms with Gasteiger partial charge in [0.05, 0.1) is 17.6 Å². The van der Waals surface area contributed by atoms with Gasteiger partial charge in [0.2, 0.25) is 5.91 Å². The number of halogens is 1. The van der Waals surface area contributed by atoms with Gasteiger partial charge in [-0.25, -0.2) is 9.97 Å². The fraction of sp³-hybridized carbons (Fsp3) is 0.0625. The summed E-state index contributed by atoms with van der Waals surface area (Å²) in [6.45, 7) is 0. The highest BCUT2D eigenvalue weighted by molar-refractivity contribution is 6.31. The quantitative estimate of drug-likeness (QED) is 0.808. The number of benzene rings is 2. The Morgan fingerprint density at radius 1 is 1.10 bits per heavy atom. The van der Waals surface area contributed by atoms with Crippen LogP contribution >= 0.6 is 11.6 Å². The number of amides is 1. The highest BCUT2D eigenvalue weighted by Crippen LogP contribution is 2.28. The van der Waals surface area contributed by atoms with Crippen LogP contribution in [0, 0.1) is 0 Å². The van der Waals surface area contributed by atoms with Crippen LogP contribution in [0.3, 0.4) is 0 Å². The van der Waals surface area contributed by atoms with Gasteiger partial charge in [0.1, 0.15) is 5.82 Å². The normalized spacial score (nSPS) is 10.7. The second kappa shape index (κ2) is 5.50. The molecule has 3 aromatic rings. The number of hydrogen-bond acceptors (Lipinski definition) is 3. The van der Waals surface area contributed by atoms with Crippen LogP contribution in [0.5, 0.6) is 0 Å². The van der Waals surface area contributed by atoms with E-state index in [0.29, 0.717) is 10.8 Å². The van der Waals surface area contributed by atoms with Crippen molar-refractivity contribution in [1.82, 2.24) is 9.97 Å². The lowest BCUT2D eigenvalue weighted by molar-refractivity contribution is -0.117. The Labute approximate surface area is 126 Å². The fourth-order valence-electron chi connectivity index (χ4n) is 2.20. The minimum Gasteiger partial charge on any atom is -0.369 e. The summed E-state index contributed by atoms with van der Waals surface area (Å²) < 4.78 is 0. The van der Waals surface area contributed by atoms with Crippen molar-refractivity contribution in [3.05, 3.63) is 59.4 Å². The lowest BCUT2D eigenvalue weighted by Gasteiger charge is -2.08. The number of carbonyl (C=O) groups is 1. The summed E-state index contributed by atoms with van der Waals surface area (Å²) in [4.78, 5) is 20.0. The summed E-state index contributed by atoms with van der Waals surface area (Å²) in [6, 6.07) is 15.1. The zero-order valence-corrected chi connectivity index (χ0v) is 11.8. The van der Waals surface area contributed by atoms with Gasteiger partial charge in [0.25, 0.3) is 0 Å². The number of hydrogen-bond donors (Lipinski definition) is 1. The average Bonchev–Trinajstić information content (AvgIpc) is 2.47. The summed E-state index contributed by atoms with van der Waals surface area (Å²) in [5, 5.41) is 1.47. The zero-order valence-electron chi connectivity index (χ0n) is 11.1. The molecular formula is C16H12ClN3O. The molecule has 5 heteroatoms. The van der Waals surface area contributed by atoms with Crippen molar-refractivity contribution in [2.24, 2.45) is 5.73 Å². The third-order valence-electron chi connectivity index (χ3n) is 3.08. The number of carbonyl (C=O) groups excluding carboxylic acids is 1. The van der Waals surface area contributed by atoms with Crippen LogP contribution in [-0.2, 0) is 11.2 Å². The van der Waals surface area contributed by atoms with Crippen LogP contribution in [0.25, 0.3) is 22.2 Å². The van der Waals surface area contributed by atoms with E-state index < -0.39 is 5.91 Å². The summed E-state index contributed by atoms with van der Waals surface area (Å²) in [5.74, 6) is -0.0431. The Morgan fingerprint density at radius 2 is 1.86 bits per heavy atom. The molecule has 0 fully saturated rings. The Hall–Kier alpha value is -2.46. The molecule has 4 nitrogen and oxygen atoms in total. The molecule has 0 bridgehead atoms. The molecular weight excluding hydrogens is 286 g/mol. The van der Waals surface area contributed by atoms with Crippen molar-refractivity contribution in [1.29, 1.82) is 0 Å². The molecule has 0 radical (unpaired) electrons. The second-order valence-electron chi connectivity index (χ2n) is 4.66. The molecule has 1 heterocycles. The van der Waals surface area contributed by atoms with E-state index in [2.05, 4.69) is 9.97 Å². The van der Waals surface area contributed by atoms with Crippen LogP contribution < -0.4 is 5.73 Å². The Kier molecular flexibility index (Phi) is 3.54. The molecule has 21 heavy (non-hydrogen) atoms. The zero-order chi connectivity index (χ0) is 14.8. The van der Waals surface area contributed by atoms with Gasteiger partial charge in [0.15, 0.2) is 0 Å². The molecule has 0 saturated carbocycles. The van der Waals surface area contributed by atoms with Crippen molar-refractivity contribution in [3.63, 3.8) is 0 Å². The number of fused-ring (bicyclic) bond motifs is 1. The van der Waals surface area contributed by atoms with Crippen molar-refractivity contribution < 1.29 is 4.79 Å². The number of nitrogens with zero attached hydrogens (tertiary/aromatic N) is 2. The van der Waals surface area contributed by atoms with Gasteiger partial charge >= 0.3 is 0 Å². The second-order valence-corrected chi connectivity index (χ2v) is 5.10. The fourth-order valence-corrected chi connectivity index (χ4v) is 2.37. The maximum absolute atomic E-state index is 11.1. The smallest absolute Gasteiger partial charge is 0.225 e. The first kappa shape index (κ1) is 13.5. The standard InChI is InChI=1S/C16H12ClN3O/c17-11-6-7-13-12(8-11)16(10-4-2-1-3-5-10)20-15(19-13)9-14(18)21/h1-8H,9H2,(H2,18,21). The largest absolute Gasteiger partial charge is 0.369 e. The number of rotatable bonds is 3. The molecule has 2 N–H and O–H groups in total. The van der Waals surface area contributed by atoms with Gasteiger partial charge in [-0.3, -0.25) is 4.79 Å². The van der Waals surface area contributed by atoms with Crippen LogP contribution in [0.15, 0.2) is 48.5 Å². The van der Waals surface area contributed by atoms with Crippen LogP contribution in [0.2, 0.25) is 5.02 Å². The first-order chi connectivity index (χ1) is 10.1. The van der Waals surface area contributed by atoms with Gasteiger partial charge < -0.3 is 5.73 Å². The van der Waals surface area contributed by atoms with E-state index in [0.717, 1.165) is 22.2 Å². The Morgan fingerprint density at radius 3 is 2.57 bits per heavy atom. The van der Waals surface area contributed by atoms with E-state index >= 15 is 0 Å². The van der Waals surface area contributed by atoms with Crippen molar-refractivity contribution in [2.45, 2.75) is 6.42 Å². The molecule has 1 aromatic heterocycles. The van der Waals surface area contributed by atoms with E-state index in [1.165, 1.54) is 0 Å². The molecule has 0 aliphatic heterocycles. The highest BCUT2D eigenvalue weighted by Gasteiger charge is 2.11. The first-order valence-corrected chi connectivity index (χ1v) is 6.81. The molecule has 0 aliphatic rings. The summed E-state index contributed by atoms with van der Waals surface area (Å²) in [5.41, 5.74) is 7.67. The molecule has 0 unspecified atom stereocenters. The first-order valence-electron chi connectivity index (χ1n) is 6.43. The van der Waals surface area contributed by atoms with E-state index in [9.17, 15) is 4.79 Å². The lowest BCUT2D eigenvalue weighted by Crippen LogP contribution is -2.16. The maximum atomic E-state index is 11.1. The predicted octanol–water partition coefficient (Wildman–Crippen LogP) is 2.98. The molecule has 0 atom stereocenters. The van der Waals surface area contributed by atoms with E-state index in [4.69, 9.17) is 17.3 Å². The highest BCUT2D eigenvalue weighted by atomic mass is 35.5. The third-order valence-corrected chi connectivity index (χ3v) is 3.32. The van der Waals surface area contributed by atoms with Crippen LogP contribution in [0.4, 0.5) is 0 Å². The number of primary amides is 1. The maximum Gasteiger partial charge on any atom is 0.225 e. The van der Waals surface area contributed by atoms with E-state index in [1.54, 1.807) is 6.07 Å². The van der Waals surface area contributed by atoms with Crippen molar-refractivity contribution in [3.8, 4) is 11.3 Å². The van der Waals surface area contributed by atoms with Crippen LogP contribution in [0.1, 0.15) is 5.82 Å². The average molecular weight is 298 g/mol.